The van der Waals surface area contributed by atoms with Crippen molar-refractivity contribution >= 4 is 0 Å². The summed E-state index contributed by atoms with van der Waals surface area (Å²) in [5.74, 6) is 0.669. The van der Waals surface area contributed by atoms with Gasteiger partial charge in [0, 0.05) is 23.7 Å². The molecule has 0 bridgehead atoms. The SMILES string of the molecule is Cc1n[nH]c(C)c1-c1nccnc1C[C@@H]1CCNC1. The summed E-state index contributed by atoms with van der Waals surface area (Å²) in [6.45, 7) is 6.24. The Morgan fingerprint density at radius 1 is 1.26 bits per heavy atom. The Hall–Kier alpha value is -1.75. The number of H-pyrrole nitrogens is 1. The molecule has 5 heteroatoms. The lowest BCUT2D eigenvalue weighted by Crippen LogP contribution is -2.12. The molecule has 1 aliphatic heterocycles. The second kappa shape index (κ2) is 5.09. The third kappa shape index (κ3) is 2.38. The fourth-order valence-electron chi connectivity index (χ4n) is 2.79. The van der Waals surface area contributed by atoms with Crippen LogP contribution in [0, 0.1) is 19.8 Å². The van der Waals surface area contributed by atoms with Crippen molar-refractivity contribution in [2.24, 2.45) is 5.92 Å². The van der Waals surface area contributed by atoms with Gasteiger partial charge in [0.05, 0.1) is 17.1 Å². The van der Waals surface area contributed by atoms with Crippen LogP contribution in [0.25, 0.3) is 11.3 Å². The molecule has 0 radical (unpaired) electrons. The van der Waals surface area contributed by atoms with Crippen molar-refractivity contribution in [2.75, 3.05) is 13.1 Å². The molecular formula is C14H19N5. The summed E-state index contributed by atoms with van der Waals surface area (Å²) < 4.78 is 0. The summed E-state index contributed by atoms with van der Waals surface area (Å²) in [5.41, 5.74) is 5.23. The van der Waals surface area contributed by atoms with Crippen molar-refractivity contribution in [1.29, 1.82) is 0 Å². The van der Waals surface area contributed by atoms with E-state index in [1.807, 2.05) is 13.8 Å². The van der Waals surface area contributed by atoms with Crippen LogP contribution in [0.4, 0.5) is 0 Å². The number of nitrogens with zero attached hydrogens (tertiary/aromatic N) is 3. The van der Waals surface area contributed by atoms with E-state index in [1.165, 1.54) is 6.42 Å². The van der Waals surface area contributed by atoms with E-state index in [9.17, 15) is 0 Å². The smallest absolute Gasteiger partial charge is 0.0954 e. The Labute approximate surface area is 112 Å². The third-order valence-electron chi connectivity index (χ3n) is 3.78. The van der Waals surface area contributed by atoms with E-state index in [4.69, 9.17) is 0 Å². The van der Waals surface area contributed by atoms with Crippen LogP contribution in [-0.4, -0.2) is 33.3 Å². The van der Waals surface area contributed by atoms with Crippen LogP contribution in [-0.2, 0) is 6.42 Å². The Morgan fingerprint density at radius 3 is 2.79 bits per heavy atom. The highest BCUT2D eigenvalue weighted by Gasteiger charge is 2.20. The maximum absolute atomic E-state index is 4.55. The van der Waals surface area contributed by atoms with Gasteiger partial charge in [-0.3, -0.25) is 15.1 Å². The monoisotopic (exact) mass is 257 g/mol. The van der Waals surface area contributed by atoms with Crippen LogP contribution in [0.15, 0.2) is 12.4 Å². The third-order valence-corrected chi connectivity index (χ3v) is 3.78. The number of aromatic amines is 1. The van der Waals surface area contributed by atoms with Crippen LogP contribution in [0.2, 0.25) is 0 Å². The van der Waals surface area contributed by atoms with E-state index in [-0.39, 0.29) is 0 Å². The highest BCUT2D eigenvalue weighted by molar-refractivity contribution is 5.66. The lowest BCUT2D eigenvalue weighted by molar-refractivity contribution is 0.571. The van der Waals surface area contributed by atoms with Crippen molar-refractivity contribution in [3.8, 4) is 11.3 Å². The van der Waals surface area contributed by atoms with Gasteiger partial charge in [0.15, 0.2) is 0 Å². The summed E-state index contributed by atoms with van der Waals surface area (Å²) in [7, 11) is 0. The molecule has 1 atom stereocenters. The first kappa shape index (κ1) is 12.3. The highest BCUT2D eigenvalue weighted by Crippen LogP contribution is 2.27. The van der Waals surface area contributed by atoms with E-state index >= 15 is 0 Å². The number of aryl methyl sites for hydroxylation is 2. The van der Waals surface area contributed by atoms with Gasteiger partial charge in [-0.2, -0.15) is 5.10 Å². The summed E-state index contributed by atoms with van der Waals surface area (Å²) in [6.07, 6.45) is 5.75. The van der Waals surface area contributed by atoms with Crippen LogP contribution in [0.3, 0.4) is 0 Å². The van der Waals surface area contributed by atoms with Gasteiger partial charge in [0.1, 0.15) is 0 Å². The molecule has 0 amide bonds. The van der Waals surface area contributed by atoms with Gasteiger partial charge in [0.2, 0.25) is 0 Å². The van der Waals surface area contributed by atoms with Crippen LogP contribution in [0.1, 0.15) is 23.5 Å². The topological polar surface area (TPSA) is 66.5 Å². The summed E-state index contributed by atoms with van der Waals surface area (Å²) in [5, 5.41) is 10.7. The number of rotatable bonds is 3. The second-order valence-electron chi connectivity index (χ2n) is 5.22. The van der Waals surface area contributed by atoms with Crippen molar-refractivity contribution < 1.29 is 0 Å². The van der Waals surface area contributed by atoms with E-state index in [0.717, 1.165) is 47.8 Å². The standard InChI is InChI=1S/C14H19N5/c1-9-13(10(2)19-18-9)14-12(16-5-6-17-14)7-11-3-4-15-8-11/h5-6,11,15H,3-4,7-8H2,1-2H3,(H,18,19)/t11-/m0/s1. The summed E-state index contributed by atoms with van der Waals surface area (Å²) >= 11 is 0. The normalized spacial score (nSPS) is 18.9. The molecule has 0 spiro atoms. The molecule has 1 fully saturated rings. The average Bonchev–Trinajstić information content (AvgIpc) is 3.02. The number of hydrogen-bond acceptors (Lipinski definition) is 4. The zero-order valence-corrected chi connectivity index (χ0v) is 11.4. The maximum Gasteiger partial charge on any atom is 0.0954 e. The van der Waals surface area contributed by atoms with Crippen molar-refractivity contribution in [3.05, 3.63) is 29.5 Å². The molecular weight excluding hydrogens is 238 g/mol. The minimum Gasteiger partial charge on any atom is -0.316 e. The van der Waals surface area contributed by atoms with E-state index < -0.39 is 0 Å². The molecule has 0 aromatic carbocycles. The lowest BCUT2D eigenvalue weighted by Gasteiger charge is -2.11. The molecule has 0 saturated carbocycles. The zero-order valence-electron chi connectivity index (χ0n) is 11.4. The van der Waals surface area contributed by atoms with Gasteiger partial charge in [-0.05, 0) is 45.7 Å². The molecule has 1 aliphatic rings. The molecule has 2 aromatic rings. The molecule has 2 aromatic heterocycles. The Bertz CT molecular complexity index is 549. The first-order valence-electron chi connectivity index (χ1n) is 6.78. The zero-order chi connectivity index (χ0) is 13.2. The van der Waals surface area contributed by atoms with Gasteiger partial charge in [-0.15, -0.1) is 0 Å². The molecule has 0 aliphatic carbocycles. The van der Waals surface area contributed by atoms with Gasteiger partial charge < -0.3 is 5.32 Å². The van der Waals surface area contributed by atoms with Crippen molar-refractivity contribution in [3.63, 3.8) is 0 Å². The number of nitrogens with one attached hydrogen (secondary N) is 2. The van der Waals surface area contributed by atoms with Crippen molar-refractivity contribution in [2.45, 2.75) is 26.7 Å². The van der Waals surface area contributed by atoms with Crippen LogP contribution in [0.5, 0.6) is 0 Å². The fourth-order valence-corrected chi connectivity index (χ4v) is 2.79. The molecule has 19 heavy (non-hydrogen) atoms. The van der Waals surface area contributed by atoms with Gasteiger partial charge in [0.25, 0.3) is 0 Å². The maximum atomic E-state index is 4.55. The van der Waals surface area contributed by atoms with E-state index in [2.05, 4.69) is 25.5 Å². The first-order chi connectivity index (χ1) is 9.25. The van der Waals surface area contributed by atoms with Crippen LogP contribution >= 0.6 is 0 Å². The minimum atomic E-state index is 0.669. The Balaban J connectivity index is 1.97. The molecule has 1 saturated heterocycles. The molecule has 5 nitrogen and oxygen atoms in total. The molecule has 3 heterocycles. The number of hydrogen-bond donors (Lipinski definition) is 2. The quantitative estimate of drug-likeness (QED) is 0.877. The second-order valence-corrected chi connectivity index (χ2v) is 5.22. The summed E-state index contributed by atoms with van der Waals surface area (Å²) in [6, 6.07) is 0. The largest absolute Gasteiger partial charge is 0.316 e. The lowest BCUT2D eigenvalue weighted by atomic mass is 9.98. The first-order valence-corrected chi connectivity index (χ1v) is 6.78. The van der Waals surface area contributed by atoms with E-state index in [1.54, 1.807) is 12.4 Å². The fraction of sp³-hybridized carbons (Fsp3) is 0.500. The molecule has 100 valence electrons. The minimum absolute atomic E-state index is 0.669. The van der Waals surface area contributed by atoms with Crippen molar-refractivity contribution in [1.82, 2.24) is 25.5 Å². The highest BCUT2D eigenvalue weighted by atomic mass is 15.1. The molecule has 3 rings (SSSR count). The van der Waals surface area contributed by atoms with Gasteiger partial charge in [-0.25, -0.2) is 0 Å². The van der Waals surface area contributed by atoms with Crippen LogP contribution < -0.4 is 5.32 Å². The molecule has 0 unspecified atom stereocenters. The number of aromatic nitrogens is 4. The predicted octanol–water partition coefficient (Wildman–Crippen LogP) is 1.64. The molecule has 2 N–H and O–H groups in total. The summed E-state index contributed by atoms with van der Waals surface area (Å²) in [4.78, 5) is 9.09. The van der Waals surface area contributed by atoms with Gasteiger partial charge in [-0.1, -0.05) is 0 Å². The van der Waals surface area contributed by atoms with Gasteiger partial charge >= 0.3 is 0 Å². The predicted molar refractivity (Wildman–Crippen MR) is 73.8 cm³/mol. The Morgan fingerprint density at radius 2 is 2.11 bits per heavy atom. The average molecular weight is 257 g/mol. The Kier molecular flexibility index (Phi) is 3.29. The van der Waals surface area contributed by atoms with E-state index in [0.29, 0.717) is 5.92 Å².